The number of fused-ring (bicyclic) bond motifs is 1. The molecule has 0 saturated carbocycles. The Labute approximate surface area is 171 Å². The van der Waals surface area contributed by atoms with Crippen LogP contribution in [0.2, 0.25) is 5.02 Å². The first kappa shape index (κ1) is 20.0. The molecule has 1 aromatic heterocycles. The normalized spacial score (nSPS) is 17.8. The largest absolute Gasteiger partial charge is 0.416 e. The number of halogens is 5. The van der Waals surface area contributed by atoms with E-state index >= 15 is 0 Å². The van der Waals surface area contributed by atoms with Gasteiger partial charge in [-0.25, -0.2) is 4.39 Å². The van der Waals surface area contributed by atoms with Crippen LogP contribution in [0.1, 0.15) is 34.8 Å². The number of hydrogen-bond acceptors (Lipinski definition) is 1. The molecule has 1 atom stereocenters. The van der Waals surface area contributed by atoms with Gasteiger partial charge in [0.05, 0.1) is 16.6 Å². The molecule has 29 heavy (non-hydrogen) atoms. The molecule has 0 fully saturated rings. The van der Waals surface area contributed by atoms with Crippen molar-refractivity contribution in [1.29, 1.82) is 0 Å². The van der Waals surface area contributed by atoms with E-state index in [2.05, 4.69) is 9.47 Å². The van der Waals surface area contributed by atoms with Crippen LogP contribution >= 0.6 is 11.6 Å². The van der Waals surface area contributed by atoms with Crippen molar-refractivity contribution in [3.63, 3.8) is 0 Å². The summed E-state index contributed by atoms with van der Waals surface area (Å²) in [4.78, 5) is 2.12. The lowest BCUT2D eigenvalue weighted by Crippen LogP contribution is -2.29. The van der Waals surface area contributed by atoms with Crippen LogP contribution in [0.15, 0.2) is 60.8 Å². The maximum atomic E-state index is 13.5. The molecule has 2 aromatic carbocycles. The average molecular weight is 423 g/mol. The van der Waals surface area contributed by atoms with Gasteiger partial charge in [-0.3, -0.25) is 4.90 Å². The number of hydrogen-bond donors (Lipinski definition) is 0. The molecule has 0 aliphatic carbocycles. The fourth-order valence-corrected chi connectivity index (χ4v) is 4.15. The first-order valence-corrected chi connectivity index (χ1v) is 9.71. The summed E-state index contributed by atoms with van der Waals surface area (Å²) in [5.74, 6) is -0.491. The van der Waals surface area contributed by atoms with E-state index in [4.69, 9.17) is 11.6 Å². The zero-order chi connectivity index (χ0) is 20.6. The molecule has 1 aliphatic rings. The second-order valence-electron chi connectivity index (χ2n) is 7.22. The Kier molecular flexibility index (Phi) is 5.40. The van der Waals surface area contributed by atoms with Gasteiger partial charge in [0, 0.05) is 31.5 Å². The SMILES string of the molecule is Fc1ccc(CN2CCCn3cccc3C2c2cccc(C(F)(F)F)c2)cc1Cl. The summed E-state index contributed by atoms with van der Waals surface area (Å²) < 4.78 is 55.6. The highest BCUT2D eigenvalue weighted by molar-refractivity contribution is 6.30. The number of nitrogens with zero attached hydrogens (tertiary/aromatic N) is 2. The number of alkyl halides is 3. The third kappa shape index (κ3) is 4.19. The van der Waals surface area contributed by atoms with E-state index in [9.17, 15) is 17.6 Å². The second-order valence-corrected chi connectivity index (χ2v) is 7.63. The van der Waals surface area contributed by atoms with E-state index in [1.807, 2.05) is 18.3 Å². The van der Waals surface area contributed by atoms with Crippen LogP contribution < -0.4 is 0 Å². The smallest absolute Gasteiger partial charge is 0.350 e. The minimum Gasteiger partial charge on any atom is -0.350 e. The van der Waals surface area contributed by atoms with Crippen molar-refractivity contribution in [2.75, 3.05) is 6.54 Å². The average Bonchev–Trinajstić information content (AvgIpc) is 3.06. The summed E-state index contributed by atoms with van der Waals surface area (Å²) in [5.41, 5.74) is 1.67. The van der Waals surface area contributed by atoms with Crippen molar-refractivity contribution in [2.45, 2.75) is 31.7 Å². The second kappa shape index (κ2) is 7.84. The quantitative estimate of drug-likeness (QED) is 0.450. The topological polar surface area (TPSA) is 8.17 Å². The minimum absolute atomic E-state index is 0.0383. The van der Waals surface area contributed by atoms with E-state index < -0.39 is 17.6 Å². The summed E-state index contributed by atoms with van der Waals surface area (Å²) in [7, 11) is 0. The van der Waals surface area contributed by atoms with Crippen molar-refractivity contribution in [3.8, 4) is 0 Å². The Balaban J connectivity index is 1.76. The molecule has 4 rings (SSSR count). The van der Waals surface area contributed by atoms with Gasteiger partial charge in [-0.15, -0.1) is 0 Å². The van der Waals surface area contributed by atoms with Crippen molar-refractivity contribution < 1.29 is 17.6 Å². The molecule has 0 spiro atoms. The summed E-state index contributed by atoms with van der Waals surface area (Å²) in [6, 6.07) is 13.5. The lowest BCUT2D eigenvalue weighted by Gasteiger charge is -2.31. The molecule has 0 radical (unpaired) electrons. The van der Waals surface area contributed by atoms with Crippen LogP contribution in [0.3, 0.4) is 0 Å². The standard InChI is InChI=1S/C22H19ClF4N2/c23-18-12-15(7-8-19(18)24)14-29-11-3-10-28-9-2-6-20(28)21(29)16-4-1-5-17(13-16)22(25,26)27/h1-2,4-9,12-13,21H,3,10-11,14H2. The van der Waals surface area contributed by atoms with Gasteiger partial charge in [0.25, 0.3) is 0 Å². The molecular weight excluding hydrogens is 404 g/mol. The molecule has 3 aromatic rings. The van der Waals surface area contributed by atoms with Gasteiger partial charge in [-0.05, 0) is 53.9 Å². The van der Waals surface area contributed by atoms with Gasteiger partial charge in [0.15, 0.2) is 0 Å². The van der Waals surface area contributed by atoms with E-state index in [1.54, 1.807) is 18.2 Å². The van der Waals surface area contributed by atoms with Gasteiger partial charge in [-0.1, -0.05) is 29.8 Å². The Morgan fingerprint density at radius 1 is 1.00 bits per heavy atom. The summed E-state index contributed by atoms with van der Waals surface area (Å²) in [6.45, 7) is 1.93. The number of aryl methyl sites for hydroxylation is 1. The van der Waals surface area contributed by atoms with Gasteiger partial charge in [-0.2, -0.15) is 13.2 Å². The van der Waals surface area contributed by atoms with Gasteiger partial charge in [0.2, 0.25) is 0 Å². The van der Waals surface area contributed by atoms with Crippen LogP contribution in [-0.2, 0) is 19.3 Å². The van der Waals surface area contributed by atoms with E-state index in [-0.39, 0.29) is 11.1 Å². The summed E-state index contributed by atoms with van der Waals surface area (Å²) >= 11 is 5.93. The van der Waals surface area contributed by atoms with Gasteiger partial charge < -0.3 is 4.57 Å². The molecule has 0 amide bonds. The van der Waals surface area contributed by atoms with Crippen LogP contribution in [0.4, 0.5) is 17.6 Å². The molecular formula is C22H19ClF4N2. The maximum Gasteiger partial charge on any atom is 0.416 e. The molecule has 1 aliphatic heterocycles. The Morgan fingerprint density at radius 2 is 1.83 bits per heavy atom. The van der Waals surface area contributed by atoms with Crippen LogP contribution in [0.25, 0.3) is 0 Å². The Morgan fingerprint density at radius 3 is 2.59 bits per heavy atom. The third-order valence-electron chi connectivity index (χ3n) is 5.25. The monoisotopic (exact) mass is 422 g/mol. The molecule has 0 N–H and O–H groups in total. The van der Waals surface area contributed by atoms with Crippen LogP contribution in [0, 0.1) is 5.82 Å². The van der Waals surface area contributed by atoms with Crippen LogP contribution in [0.5, 0.6) is 0 Å². The van der Waals surface area contributed by atoms with Crippen molar-refractivity contribution in [3.05, 3.63) is 94.0 Å². The van der Waals surface area contributed by atoms with E-state index in [0.29, 0.717) is 18.7 Å². The fourth-order valence-electron chi connectivity index (χ4n) is 3.95. The molecule has 152 valence electrons. The molecule has 0 bridgehead atoms. The molecule has 0 saturated heterocycles. The first-order valence-electron chi connectivity index (χ1n) is 9.33. The van der Waals surface area contributed by atoms with Gasteiger partial charge >= 0.3 is 6.18 Å². The number of rotatable bonds is 3. The maximum absolute atomic E-state index is 13.5. The predicted octanol–water partition coefficient (Wildman–Crippen LogP) is 6.29. The van der Waals surface area contributed by atoms with Crippen molar-refractivity contribution in [1.82, 2.24) is 9.47 Å². The first-order chi connectivity index (χ1) is 13.8. The number of benzene rings is 2. The highest BCUT2D eigenvalue weighted by Gasteiger charge is 2.33. The van der Waals surface area contributed by atoms with Crippen molar-refractivity contribution in [2.24, 2.45) is 0 Å². The Hall–Kier alpha value is -2.31. The van der Waals surface area contributed by atoms with E-state index in [0.717, 1.165) is 30.3 Å². The fraction of sp³-hybridized carbons (Fsp3) is 0.273. The van der Waals surface area contributed by atoms with Crippen molar-refractivity contribution >= 4 is 11.6 Å². The molecule has 7 heteroatoms. The highest BCUT2D eigenvalue weighted by atomic mass is 35.5. The summed E-state index contributed by atoms with van der Waals surface area (Å²) in [6.07, 6.45) is -1.60. The lowest BCUT2D eigenvalue weighted by atomic mass is 9.98. The zero-order valence-corrected chi connectivity index (χ0v) is 16.2. The lowest BCUT2D eigenvalue weighted by molar-refractivity contribution is -0.137. The number of aromatic nitrogens is 1. The predicted molar refractivity (Wildman–Crippen MR) is 104 cm³/mol. The Bertz CT molecular complexity index is 1010. The molecule has 2 nitrogen and oxygen atoms in total. The summed E-state index contributed by atoms with van der Waals surface area (Å²) in [5, 5.41) is 0.0383. The van der Waals surface area contributed by atoms with Gasteiger partial charge in [0.1, 0.15) is 5.82 Å². The minimum atomic E-state index is -4.40. The molecule has 1 unspecified atom stereocenters. The van der Waals surface area contributed by atoms with E-state index in [1.165, 1.54) is 18.2 Å². The zero-order valence-electron chi connectivity index (χ0n) is 15.5. The molecule has 2 heterocycles. The van der Waals surface area contributed by atoms with Crippen LogP contribution in [-0.4, -0.2) is 16.0 Å². The third-order valence-corrected chi connectivity index (χ3v) is 5.54. The highest BCUT2D eigenvalue weighted by Crippen LogP contribution is 2.36.